The van der Waals surface area contributed by atoms with Gasteiger partial charge in [-0.2, -0.15) is 0 Å². The number of piperazine rings is 1. The first-order valence-electron chi connectivity index (χ1n) is 7.59. The molecule has 120 valence electrons. The van der Waals surface area contributed by atoms with Crippen LogP contribution in [0.25, 0.3) is 0 Å². The van der Waals surface area contributed by atoms with Crippen LogP contribution in [0.2, 0.25) is 0 Å². The molecular weight excluding hydrogens is 286 g/mol. The molecule has 2 saturated heterocycles. The summed E-state index contributed by atoms with van der Waals surface area (Å²) in [5.41, 5.74) is 0. The Morgan fingerprint density at radius 3 is 2.55 bits per heavy atom. The predicted octanol–water partition coefficient (Wildman–Crippen LogP) is -0.699. The number of aliphatic carboxylic acids is 1. The SMILES string of the molecule is O=C(O)[C@@H]1CN(c2cc(N3CCC(O)CC3)ncn2)CCN1. The fourth-order valence-corrected chi connectivity index (χ4v) is 2.90. The molecule has 0 radical (unpaired) electrons. The number of hydrogen-bond acceptors (Lipinski definition) is 7. The second-order valence-corrected chi connectivity index (χ2v) is 5.74. The molecule has 2 aliphatic rings. The number of carboxylic acids is 1. The van der Waals surface area contributed by atoms with Gasteiger partial charge in [-0.1, -0.05) is 0 Å². The van der Waals surface area contributed by atoms with Gasteiger partial charge in [-0.25, -0.2) is 9.97 Å². The van der Waals surface area contributed by atoms with Crippen LogP contribution in [0, 0.1) is 0 Å². The molecule has 2 aliphatic heterocycles. The highest BCUT2D eigenvalue weighted by molar-refractivity contribution is 5.74. The van der Waals surface area contributed by atoms with E-state index < -0.39 is 12.0 Å². The zero-order valence-corrected chi connectivity index (χ0v) is 12.4. The summed E-state index contributed by atoms with van der Waals surface area (Å²) >= 11 is 0. The summed E-state index contributed by atoms with van der Waals surface area (Å²) in [6.07, 6.45) is 2.79. The number of aliphatic hydroxyl groups is 1. The molecule has 0 saturated carbocycles. The van der Waals surface area contributed by atoms with E-state index in [1.165, 1.54) is 6.33 Å². The Morgan fingerprint density at radius 2 is 1.86 bits per heavy atom. The van der Waals surface area contributed by atoms with Gasteiger partial charge in [0, 0.05) is 38.8 Å². The maximum absolute atomic E-state index is 11.1. The monoisotopic (exact) mass is 307 g/mol. The zero-order chi connectivity index (χ0) is 15.5. The van der Waals surface area contributed by atoms with Crippen molar-refractivity contribution in [1.29, 1.82) is 0 Å². The lowest BCUT2D eigenvalue weighted by atomic mass is 10.1. The third kappa shape index (κ3) is 3.28. The molecule has 1 aromatic rings. The van der Waals surface area contributed by atoms with Crippen molar-refractivity contribution < 1.29 is 15.0 Å². The minimum absolute atomic E-state index is 0.220. The Balaban J connectivity index is 1.72. The van der Waals surface area contributed by atoms with Crippen LogP contribution in [0.5, 0.6) is 0 Å². The molecular formula is C14H21N5O3. The molecule has 0 unspecified atom stereocenters. The minimum atomic E-state index is -0.844. The Labute approximate surface area is 128 Å². The number of aromatic nitrogens is 2. The van der Waals surface area contributed by atoms with Crippen LogP contribution in [0.3, 0.4) is 0 Å². The van der Waals surface area contributed by atoms with Gasteiger partial charge in [0.1, 0.15) is 24.0 Å². The highest BCUT2D eigenvalue weighted by atomic mass is 16.4. The molecule has 0 bridgehead atoms. The van der Waals surface area contributed by atoms with E-state index in [1.54, 1.807) is 0 Å². The summed E-state index contributed by atoms with van der Waals surface area (Å²) in [6.45, 7) is 3.28. The second kappa shape index (κ2) is 6.45. The third-order valence-corrected chi connectivity index (χ3v) is 4.22. The standard InChI is InChI=1S/C14H21N5O3/c20-10-1-4-18(5-2-10)12-7-13(17-9-16-12)19-6-3-15-11(8-19)14(21)22/h7,9-11,15,20H,1-6,8H2,(H,21,22)/t11-/m0/s1. The van der Waals surface area contributed by atoms with E-state index in [0.717, 1.165) is 44.1 Å². The van der Waals surface area contributed by atoms with Crippen molar-refractivity contribution in [3.05, 3.63) is 12.4 Å². The molecule has 22 heavy (non-hydrogen) atoms. The number of anilines is 2. The number of piperidine rings is 1. The van der Waals surface area contributed by atoms with Crippen LogP contribution in [0.1, 0.15) is 12.8 Å². The predicted molar refractivity (Wildman–Crippen MR) is 81.1 cm³/mol. The molecule has 8 heteroatoms. The maximum Gasteiger partial charge on any atom is 0.322 e. The molecule has 2 fully saturated rings. The van der Waals surface area contributed by atoms with Crippen molar-refractivity contribution >= 4 is 17.6 Å². The van der Waals surface area contributed by atoms with Crippen molar-refractivity contribution in [3.8, 4) is 0 Å². The Kier molecular flexibility index (Phi) is 4.39. The lowest BCUT2D eigenvalue weighted by Crippen LogP contribution is -2.54. The van der Waals surface area contributed by atoms with Crippen LogP contribution in [0.4, 0.5) is 11.6 Å². The fraction of sp³-hybridized carbons (Fsp3) is 0.643. The van der Waals surface area contributed by atoms with Gasteiger partial charge in [0.2, 0.25) is 0 Å². The smallest absolute Gasteiger partial charge is 0.322 e. The maximum atomic E-state index is 11.1. The number of aliphatic hydroxyl groups excluding tert-OH is 1. The van der Waals surface area contributed by atoms with Crippen molar-refractivity contribution in [2.24, 2.45) is 0 Å². The van der Waals surface area contributed by atoms with Crippen molar-refractivity contribution in [2.45, 2.75) is 25.0 Å². The lowest BCUT2D eigenvalue weighted by Gasteiger charge is -2.34. The van der Waals surface area contributed by atoms with Crippen LogP contribution in [-0.4, -0.2) is 71.0 Å². The third-order valence-electron chi connectivity index (χ3n) is 4.22. The number of hydrogen-bond donors (Lipinski definition) is 3. The van der Waals surface area contributed by atoms with Gasteiger partial charge in [-0.15, -0.1) is 0 Å². The van der Waals surface area contributed by atoms with Gasteiger partial charge < -0.3 is 25.3 Å². The number of nitrogens with one attached hydrogen (secondary N) is 1. The normalized spacial score (nSPS) is 23.6. The van der Waals surface area contributed by atoms with Crippen molar-refractivity contribution in [3.63, 3.8) is 0 Å². The molecule has 1 aromatic heterocycles. The quantitative estimate of drug-likeness (QED) is 0.674. The lowest BCUT2D eigenvalue weighted by molar-refractivity contribution is -0.139. The molecule has 3 heterocycles. The first-order chi connectivity index (χ1) is 10.6. The summed E-state index contributed by atoms with van der Waals surface area (Å²) in [7, 11) is 0. The second-order valence-electron chi connectivity index (χ2n) is 5.74. The van der Waals surface area contributed by atoms with E-state index >= 15 is 0 Å². The number of carboxylic acid groups (broad SMARTS) is 1. The van der Waals surface area contributed by atoms with E-state index in [9.17, 15) is 9.90 Å². The van der Waals surface area contributed by atoms with Crippen LogP contribution >= 0.6 is 0 Å². The van der Waals surface area contributed by atoms with E-state index in [-0.39, 0.29) is 6.10 Å². The zero-order valence-electron chi connectivity index (χ0n) is 12.4. The van der Waals surface area contributed by atoms with Gasteiger partial charge >= 0.3 is 5.97 Å². The van der Waals surface area contributed by atoms with Gasteiger partial charge in [-0.3, -0.25) is 4.79 Å². The highest BCUT2D eigenvalue weighted by Gasteiger charge is 2.26. The van der Waals surface area contributed by atoms with Crippen LogP contribution in [0.15, 0.2) is 12.4 Å². The summed E-state index contributed by atoms with van der Waals surface area (Å²) < 4.78 is 0. The molecule has 0 spiro atoms. The van der Waals surface area contributed by atoms with Gasteiger partial charge in [0.15, 0.2) is 0 Å². The average molecular weight is 307 g/mol. The van der Waals surface area contributed by atoms with Crippen LogP contribution < -0.4 is 15.1 Å². The molecule has 3 rings (SSSR count). The molecule has 0 aliphatic carbocycles. The summed E-state index contributed by atoms with van der Waals surface area (Å²) in [5, 5.41) is 21.7. The largest absolute Gasteiger partial charge is 0.480 e. The van der Waals surface area contributed by atoms with Crippen LogP contribution in [-0.2, 0) is 4.79 Å². The van der Waals surface area contributed by atoms with E-state index in [1.807, 2.05) is 11.0 Å². The Bertz CT molecular complexity index is 533. The number of nitrogens with zero attached hydrogens (tertiary/aromatic N) is 4. The first kappa shape index (κ1) is 15.0. The fourth-order valence-electron chi connectivity index (χ4n) is 2.90. The van der Waals surface area contributed by atoms with Crippen molar-refractivity contribution in [2.75, 3.05) is 42.5 Å². The number of rotatable bonds is 3. The highest BCUT2D eigenvalue weighted by Crippen LogP contribution is 2.22. The summed E-state index contributed by atoms with van der Waals surface area (Å²) in [4.78, 5) is 23.8. The Hall–Kier alpha value is -1.93. The van der Waals surface area contributed by atoms with E-state index in [0.29, 0.717) is 13.1 Å². The Morgan fingerprint density at radius 1 is 1.18 bits per heavy atom. The topological polar surface area (TPSA) is 102 Å². The average Bonchev–Trinajstić information content (AvgIpc) is 2.56. The first-order valence-corrected chi connectivity index (χ1v) is 7.59. The van der Waals surface area contributed by atoms with Gasteiger partial charge in [0.25, 0.3) is 0 Å². The molecule has 0 aromatic carbocycles. The minimum Gasteiger partial charge on any atom is -0.480 e. The summed E-state index contributed by atoms with van der Waals surface area (Å²) in [5.74, 6) is 0.746. The van der Waals surface area contributed by atoms with E-state index in [4.69, 9.17) is 5.11 Å². The molecule has 3 N–H and O–H groups in total. The molecule has 8 nitrogen and oxygen atoms in total. The van der Waals surface area contributed by atoms with Crippen molar-refractivity contribution in [1.82, 2.24) is 15.3 Å². The molecule has 0 amide bonds. The van der Waals surface area contributed by atoms with Gasteiger partial charge in [0.05, 0.1) is 6.10 Å². The van der Waals surface area contributed by atoms with Gasteiger partial charge in [-0.05, 0) is 12.8 Å². The summed E-state index contributed by atoms with van der Waals surface area (Å²) in [6, 6.07) is 1.33. The van der Waals surface area contributed by atoms with E-state index in [2.05, 4.69) is 20.2 Å². The molecule has 1 atom stereocenters. The number of carbonyl (C=O) groups is 1.